The number of anilines is 1. The van der Waals surface area contributed by atoms with Gasteiger partial charge >= 0.3 is 6.03 Å². The highest BCUT2D eigenvalue weighted by molar-refractivity contribution is 5.99. The van der Waals surface area contributed by atoms with Gasteiger partial charge in [0.25, 0.3) is 0 Å². The van der Waals surface area contributed by atoms with Crippen molar-refractivity contribution in [2.75, 3.05) is 18.7 Å². The van der Waals surface area contributed by atoms with E-state index >= 15 is 0 Å². The van der Waals surface area contributed by atoms with Crippen LogP contribution in [0.3, 0.4) is 0 Å². The van der Waals surface area contributed by atoms with Gasteiger partial charge in [-0.15, -0.1) is 0 Å². The number of hydrogen-bond donors (Lipinski definition) is 2. The van der Waals surface area contributed by atoms with Crippen LogP contribution < -0.4 is 25.4 Å². The van der Waals surface area contributed by atoms with Gasteiger partial charge < -0.3 is 25.4 Å². The minimum absolute atomic E-state index is 0.163. The second kappa shape index (κ2) is 7.12. The zero-order valence-corrected chi connectivity index (χ0v) is 13.8. The Morgan fingerprint density at radius 2 is 1.88 bits per heavy atom. The van der Waals surface area contributed by atoms with E-state index in [9.17, 15) is 9.59 Å². The first-order valence-electron chi connectivity index (χ1n) is 7.81. The van der Waals surface area contributed by atoms with E-state index in [0.29, 0.717) is 23.6 Å². The Balaban J connectivity index is 1.79. The Hall–Kier alpha value is -3.22. The maximum absolute atomic E-state index is 12.9. The van der Waals surface area contributed by atoms with E-state index in [1.807, 2.05) is 30.3 Å². The molecule has 0 bridgehead atoms. The fourth-order valence-electron chi connectivity index (χ4n) is 2.68. The minimum atomic E-state index is -0.768. The van der Waals surface area contributed by atoms with Crippen molar-refractivity contribution in [1.82, 2.24) is 5.32 Å². The van der Waals surface area contributed by atoms with Crippen molar-refractivity contribution in [2.24, 2.45) is 5.73 Å². The smallest absolute Gasteiger partial charge is 0.312 e. The first kappa shape index (κ1) is 16.6. The zero-order valence-electron chi connectivity index (χ0n) is 13.8. The molecule has 0 spiro atoms. The van der Waals surface area contributed by atoms with Crippen LogP contribution in [0.25, 0.3) is 0 Å². The fourth-order valence-corrected chi connectivity index (χ4v) is 2.68. The normalized spacial score (nSPS) is 13.2. The summed E-state index contributed by atoms with van der Waals surface area (Å²) in [6.07, 6.45) is 0.345. The summed E-state index contributed by atoms with van der Waals surface area (Å²) in [5.74, 6) is 0.946. The molecule has 0 aliphatic carbocycles. The van der Waals surface area contributed by atoms with Gasteiger partial charge in [0.05, 0.1) is 0 Å². The van der Waals surface area contributed by atoms with Crippen LogP contribution in [0.4, 0.5) is 10.5 Å². The molecule has 1 aliphatic heterocycles. The number of rotatable bonds is 5. The molecule has 0 saturated carbocycles. The maximum Gasteiger partial charge on any atom is 0.312 e. The second-order valence-corrected chi connectivity index (χ2v) is 5.69. The largest absolute Gasteiger partial charge is 0.454 e. The van der Waals surface area contributed by atoms with Gasteiger partial charge in [-0.2, -0.15) is 0 Å². The summed E-state index contributed by atoms with van der Waals surface area (Å²) in [7, 11) is 1.64. The minimum Gasteiger partial charge on any atom is -0.454 e. The van der Waals surface area contributed by atoms with Crippen molar-refractivity contribution in [3.05, 3.63) is 54.1 Å². The van der Waals surface area contributed by atoms with Crippen molar-refractivity contribution >= 4 is 17.6 Å². The van der Waals surface area contributed by atoms with Crippen molar-refractivity contribution < 1.29 is 19.1 Å². The quantitative estimate of drug-likeness (QED) is 0.865. The summed E-state index contributed by atoms with van der Waals surface area (Å²) in [6.45, 7) is 0.163. The van der Waals surface area contributed by atoms with E-state index in [2.05, 4.69) is 5.32 Å². The van der Waals surface area contributed by atoms with E-state index in [4.69, 9.17) is 15.2 Å². The molecule has 1 aliphatic rings. The standard InChI is InChI=1S/C18H19N3O4/c1-21(13-7-8-15-16(10-13)25-11-24-15)17(22)14(20-18(19)23)9-12-5-3-2-4-6-12/h2-8,10,14H,9,11H2,1H3,(H3,19,20,23)/t14-/m0/s1. The fraction of sp³-hybridized carbons (Fsp3) is 0.222. The molecule has 7 nitrogen and oxygen atoms in total. The molecule has 2 aromatic carbocycles. The Kier molecular flexibility index (Phi) is 4.74. The molecule has 25 heavy (non-hydrogen) atoms. The number of amides is 3. The molecule has 3 N–H and O–H groups in total. The molecule has 0 radical (unpaired) electrons. The number of primary amides is 1. The van der Waals surface area contributed by atoms with Crippen molar-refractivity contribution in [2.45, 2.75) is 12.5 Å². The van der Waals surface area contributed by atoms with Gasteiger partial charge in [-0.3, -0.25) is 4.79 Å². The third-order valence-corrected chi connectivity index (χ3v) is 3.97. The predicted octanol–water partition coefficient (Wildman–Crippen LogP) is 1.66. The number of nitrogens with two attached hydrogens (primary N) is 1. The second-order valence-electron chi connectivity index (χ2n) is 5.69. The molecule has 3 amide bonds. The number of hydrogen-bond acceptors (Lipinski definition) is 4. The summed E-state index contributed by atoms with van der Waals surface area (Å²) in [6, 6.07) is 13.1. The average Bonchev–Trinajstić information content (AvgIpc) is 3.08. The van der Waals surface area contributed by atoms with E-state index < -0.39 is 12.1 Å². The number of carbonyl (C=O) groups is 2. The number of fused-ring (bicyclic) bond motifs is 1. The predicted molar refractivity (Wildman–Crippen MR) is 92.6 cm³/mol. The third kappa shape index (κ3) is 3.82. The summed E-state index contributed by atoms with van der Waals surface area (Å²) in [4.78, 5) is 25.7. The molecule has 0 unspecified atom stereocenters. The number of nitrogens with zero attached hydrogens (tertiary/aromatic N) is 1. The maximum atomic E-state index is 12.9. The highest BCUT2D eigenvalue weighted by atomic mass is 16.7. The number of benzene rings is 2. The molecule has 0 fully saturated rings. The Bertz CT molecular complexity index is 779. The summed E-state index contributed by atoms with van der Waals surface area (Å²) < 4.78 is 10.6. The molecule has 2 aromatic rings. The molecule has 0 saturated heterocycles. The van der Waals surface area contributed by atoms with Crippen molar-refractivity contribution in [1.29, 1.82) is 0 Å². The van der Waals surface area contributed by atoms with Crippen molar-refractivity contribution in [3.8, 4) is 11.5 Å². The van der Waals surface area contributed by atoms with E-state index in [1.54, 1.807) is 25.2 Å². The number of carbonyl (C=O) groups excluding carboxylic acids is 2. The van der Waals surface area contributed by atoms with E-state index in [0.717, 1.165) is 5.56 Å². The van der Waals surface area contributed by atoms with Gasteiger partial charge in [0, 0.05) is 25.2 Å². The third-order valence-electron chi connectivity index (χ3n) is 3.97. The summed E-state index contributed by atoms with van der Waals surface area (Å²) in [5.41, 5.74) is 6.80. The SMILES string of the molecule is CN(C(=O)[C@H](Cc1ccccc1)NC(N)=O)c1ccc2c(c1)OCO2. The van der Waals surface area contributed by atoms with Crippen LogP contribution in [0.2, 0.25) is 0 Å². The first-order valence-corrected chi connectivity index (χ1v) is 7.81. The van der Waals surface area contributed by atoms with E-state index in [1.165, 1.54) is 4.90 Å². The molecule has 7 heteroatoms. The van der Waals surface area contributed by atoms with Gasteiger partial charge in [0.2, 0.25) is 12.7 Å². The highest BCUT2D eigenvalue weighted by Crippen LogP contribution is 2.35. The summed E-state index contributed by atoms with van der Waals surface area (Å²) >= 11 is 0. The average molecular weight is 341 g/mol. The van der Waals surface area contributed by atoms with Gasteiger partial charge in [-0.25, -0.2) is 4.79 Å². The monoisotopic (exact) mass is 341 g/mol. The number of likely N-dealkylation sites (N-methyl/N-ethyl adjacent to an activating group) is 1. The number of nitrogens with one attached hydrogen (secondary N) is 1. The van der Waals surface area contributed by atoms with Gasteiger partial charge in [-0.05, 0) is 17.7 Å². The lowest BCUT2D eigenvalue weighted by molar-refractivity contribution is -0.120. The lowest BCUT2D eigenvalue weighted by atomic mass is 10.0. The van der Waals surface area contributed by atoms with Crippen molar-refractivity contribution in [3.63, 3.8) is 0 Å². The van der Waals surface area contributed by atoms with Gasteiger partial charge in [0.1, 0.15) is 6.04 Å². The van der Waals surface area contributed by atoms with Crippen LogP contribution in [0.1, 0.15) is 5.56 Å². The zero-order chi connectivity index (χ0) is 17.8. The Labute approximate surface area is 145 Å². The molecule has 0 aromatic heterocycles. The first-order chi connectivity index (χ1) is 12.0. The lowest BCUT2D eigenvalue weighted by Crippen LogP contribution is -2.50. The Morgan fingerprint density at radius 3 is 2.60 bits per heavy atom. The number of urea groups is 1. The topological polar surface area (TPSA) is 93.9 Å². The van der Waals surface area contributed by atoms with Crippen LogP contribution in [-0.4, -0.2) is 31.8 Å². The van der Waals surface area contributed by atoms with Gasteiger partial charge in [0.15, 0.2) is 11.5 Å². The number of ether oxygens (including phenoxy) is 2. The van der Waals surface area contributed by atoms with Crippen LogP contribution in [0, 0.1) is 0 Å². The molecule has 1 heterocycles. The van der Waals surface area contributed by atoms with E-state index in [-0.39, 0.29) is 12.7 Å². The van der Waals surface area contributed by atoms with Crippen LogP contribution in [-0.2, 0) is 11.2 Å². The molecular formula is C18H19N3O4. The van der Waals surface area contributed by atoms with Crippen LogP contribution >= 0.6 is 0 Å². The molecule has 3 rings (SSSR count). The van der Waals surface area contributed by atoms with Gasteiger partial charge in [-0.1, -0.05) is 30.3 Å². The Morgan fingerprint density at radius 1 is 1.16 bits per heavy atom. The lowest BCUT2D eigenvalue weighted by Gasteiger charge is -2.24. The summed E-state index contributed by atoms with van der Waals surface area (Å²) in [5, 5.41) is 2.52. The highest BCUT2D eigenvalue weighted by Gasteiger charge is 2.25. The van der Waals surface area contributed by atoms with Crippen LogP contribution in [0.5, 0.6) is 11.5 Å². The van der Waals surface area contributed by atoms with Crippen LogP contribution in [0.15, 0.2) is 48.5 Å². The molecular weight excluding hydrogens is 322 g/mol. The molecule has 130 valence electrons. The molecule has 1 atom stereocenters.